The van der Waals surface area contributed by atoms with E-state index >= 15 is 0 Å². The predicted molar refractivity (Wildman–Crippen MR) is 125 cm³/mol. The van der Waals surface area contributed by atoms with E-state index in [9.17, 15) is 0 Å². The first-order valence-electron chi connectivity index (χ1n) is 11.2. The van der Waals surface area contributed by atoms with Gasteiger partial charge in [0, 0.05) is 17.5 Å². The molecule has 152 valence electrons. The summed E-state index contributed by atoms with van der Waals surface area (Å²) in [6.07, 6.45) is 2.50. The topological polar surface area (TPSA) is 15.6 Å². The lowest BCUT2D eigenvalue weighted by atomic mass is 9.72. The Kier molecular flexibility index (Phi) is 5.50. The van der Waals surface area contributed by atoms with E-state index in [2.05, 4.69) is 96.8 Å². The van der Waals surface area contributed by atoms with Gasteiger partial charge in [0.1, 0.15) is 0 Å². The zero-order valence-corrected chi connectivity index (χ0v) is 17.7. The Balaban J connectivity index is 1.56. The Labute approximate surface area is 180 Å². The number of hydrogen-bond acceptors (Lipinski definition) is 2. The molecule has 0 spiro atoms. The number of aliphatic imine (C=N–C) groups is 1. The molecule has 1 atom stereocenters. The Hall–Kier alpha value is -2.71. The summed E-state index contributed by atoms with van der Waals surface area (Å²) < 4.78 is 0. The smallest absolute Gasteiger partial charge is 0.0640 e. The van der Waals surface area contributed by atoms with Crippen LogP contribution in [0.15, 0.2) is 89.9 Å². The van der Waals surface area contributed by atoms with Gasteiger partial charge in [-0.25, -0.2) is 0 Å². The van der Waals surface area contributed by atoms with E-state index in [1.54, 1.807) is 0 Å². The van der Waals surface area contributed by atoms with Crippen LogP contribution in [0.5, 0.6) is 0 Å². The summed E-state index contributed by atoms with van der Waals surface area (Å²) in [5.74, 6) is 0.950. The second kappa shape index (κ2) is 8.57. The molecule has 3 aliphatic heterocycles. The lowest BCUT2D eigenvalue weighted by Gasteiger charge is -2.49. The minimum Gasteiger partial charge on any atom is -0.294 e. The van der Waals surface area contributed by atoms with Crippen LogP contribution in [-0.4, -0.2) is 29.7 Å². The van der Waals surface area contributed by atoms with Crippen LogP contribution >= 0.6 is 0 Å². The van der Waals surface area contributed by atoms with Crippen LogP contribution < -0.4 is 0 Å². The zero-order chi connectivity index (χ0) is 20.3. The molecule has 0 aromatic heterocycles. The van der Waals surface area contributed by atoms with Crippen molar-refractivity contribution in [2.75, 3.05) is 13.1 Å². The van der Waals surface area contributed by atoms with Crippen LogP contribution in [0.4, 0.5) is 0 Å². The molecule has 30 heavy (non-hydrogen) atoms. The normalized spacial score (nSPS) is 24.5. The van der Waals surface area contributed by atoms with Gasteiger partial charge in [0.05, 0.1) is 12.6 Å². The molecule has 3 aliphatic rings. The zero-order valence-electron chi connectivity index (χ0n) is 17.7. The first kappa shape index (κ1) is 19.3. The highest BCUT2D eigenvalue weighted by Crippen LogP contribution is 2.40. The van der Waals surface area contributed by atoms with E-state index in [1.807, 2.05) is 0 Å². The number of fused-ring (bicyclic) bond motifs is 3. The minimum atomic E-state index is 0.326. The Morgan fingerprint density at radius 3 is 2.07 bits per heavy atom. The number of rotatable bonds is 5. The van der Waals surface area contributed by atoms with Crippen molar-refractivity contribution in [3.8, 4) is 0 Å². The van der Waals surface area contributed by atoms with Crippen molar-refractivity contribution in [1.29, 1.82) is 0 Å². The summed E-state index contributed by atoms with van der Waals surface area (Å²) in [6, 6.07) is 31.2. The van der Waals surface area contributed by atoms with Crippen LogP contribution in [0.1, 0.15) is 41.0 Å². The van der Waals surface area contributed by atoms with Gasteiger partial charge in [-0.2, -0.15) is 0 Å². The maximum absolute atomic E-state index is 5.31. The van der Waals surface area contributed by atoms with Crippen molar-refractivity contribution in [1.82, 2.24) is 4.90 Å². The fraction of sp³-hybridized carbons (Fsp3) is 0.321. The number of benzene rings is 3. The number of hydrogen-bond donors (Lipinski definition) is 0. The second-order valence-electron chi connectivity index (χ2n) is 8.78. The molecule has 2 nitrogen and oxygen atoms in total. The Morgan fingerprint density at radius 2 is 1.47 bits per heavy atom. The minimum absolute atomic E-state index is 0.326. The van der Waals surface area contributed by atoms with Gasteiger partial charge in [0.25, 0.3) is 0 Å². The molecule has 0 aliphatic carbocycles. The molecular formula is C28H30N2. The molecule has 0 radical (unpaired) electrons. The Morgan fingerprint density at radius 1 is 0.833 bits per heavy atom. The van der Waals surface area contributed by atoms with Gasteiger partial charge in [-0.3, -0.25) is 9.89 Å². The lowest BCUT2D eigenvalue weighted by Crippen LogP contribution is -2.58. The van der Waals surface area contributed by atoms with Crippen molar-refractivity contribution in [2.45, 2.75) is 38.3 Å². The van der Waals surface area contributed by atoms with Crippen LogP contribution in [-0.2, 0) is 6.54 Å². The molecule has 0 amide bonds. The fourth-order valence-electron chi connectivity index (χ4n) is 5.38. The van der Waals surface area contributed by atoms with Gasteiger partial charge >= 0.3 is 0 Å². The molecule has 3 heterocycles. The monoisotopic (exact) mass is 394 g/mol. The molecule has 0 saturated carbocycles. The maximum atomic E-state index is 5.31. The summed E-state index contributed by atoms with van der Waals surface area (Å²) in [6.45, 7) is 5.33. The Bertz CT molecular complexity index is 962. The summed E-state index contributed by atoms with van der Waals surface area (Å²) in [5.41, 5.74) is 6.83. The molecule has 0 unspecified atom stereocenters. The van der Waals surface area contributed by atoms with Crippen LogP contribution in [0, 0.1) is 12.8 Å². The third kappa shape index (κ3) is 3.85. The van der Waals surface area contributed by atoms with Crippen molar-refractivity contribution < 1.29 is 0 Å². The van der Waals surface area contributed by atoms with E-state index in [1.165, 1.54) is 53.9 Å². The van der Waals surface area contributed by atoms with Gasteiger partial charge in [0.2, 0.25) is 0 Å². The molecule has 0 N–H and O–H groups in total. The van der Waals surface area contributed by atoms with E-state index in [4.69, 9.17) is 4.99 Å². The van der Waals surface area contributed by atoms with E-state index < -0.39 is 0 Å². The lowest BCUT2D eigenvalue weighted by molar-refractivity contribution is 0.135. The highest BCUT2D eigenvalue weighted by atomic mass is 15.2. The molecular weight excluding hydrogens is 364 g/mol. The van der Waals surface area contributed by atoms with Crippen molar-refractivity contribution in [3.05, 3.63) is 107 Å². The highest BCUT2D eigenvalue weighted by Gasteiger charge is 2.43. The van der Waals surface area contributed by atoms with Gasteiger partial charge in [0.15, 0.2) is 0 Å². The first-order chi connectivity index (χ1) is 14.8. The number of nitrogens with zero attached hydrogens (tertiary/aromatic N) is 2. The van der Waals surface area contributed by atoms with Gasteiger partial charge in [-0.15, -0.1) is 0 Å². The molecule has 3 aromatic rings. The predicted octanol–water partition coefficient (Wildman–Crippen LogP) is 5.86. The van der Waals surface area contributed by atoms with Crippen molar-refractivity contribution >= 4 is 5.71 Å². The summed E-state index contributed by atoms with van der Waals surface area (Å²) >= 11 is 0. The van der Waals surface area contributed by atoms with Crippen molar-refractivity contribution in [2.24, 2.45) is 10.9 Å². The summed E-state index contributed by atoms with van der Waals surface area (Å²) in [5, 5.41) is 0. The number of piperidine rings is 3. The molecule has 3 aromatic carbocycles. The van der Waals surface area contributed by atoms with Crippen LogP contribution in [0.3, 0.4) is 0 Å². The molecule has 6 rings (SSSR count). The van der Waals surface area contributed by atoms with Gasteiger partial charge < -0.3 is 0 Å². The van der Waals surface area contributed by atoms with Crippen LogP contribution in [0.25, 0.3) is 0 Å². The fourth-order valence-corrected chi connectivity index (χ4v) is 5.38. The van der Waals surface area contributed by atoms with Gasteiger partial charge in [-0.1, -0.05) is 90.5 Å². The van der Waals surface area contributed by atoms with Crippen molar-refractivity contribution in [3.63, 3.8) is 0 Å². The quantitative estimate of drug-likeness (QED) is 0.529. The average Bonchev–Trinajstić information content (AvgIpc) is 2.81. The van der Waals surface area contributed by atoms with Gasteiger partial charge in [-0.05, 0) is 49.5 Å². The van der Waals surface area contributed by atoms with E-state index in [0.717, 1.165) is 6.54 Å². The standard InChI is InChI=1S/C28H30N2/c1-21-9-8-10-22(19-21)20-29-27-25-15-17-30(18-16-25)28(27)26(23-11-4-2-5-12-23)24-13-6-3-7-14-24/h2-14,19,25-26,28H,15-18,20H2,1H3/t28-/m0/s1. The number of aryl methyl sites for hydroxylation is 1. The molecule has 3 fully saturated rings. The second-order valence-corrected chi connectivity index (χ2v) is 8.78. The highest BCUT2D eigenvalue weighted by molar-refractivity contribution is 5.94. The SMILES string of the molecule is Cc1cccc(CN=C2C3CCN(CC3)[C@H]2C(c2ccccc2)c2ccccc2)c1. The molecule has 2 heteroatoms. The molecule has 2 bridgehead atoms. The largest absolute Gasteiger partial charge is 0.294 e. The van der Waals surface area contributed by atoms with Crippen LogP contribution in [0.2, 0.25) is 0 Å². The third-order valence-corrected chi connectivity index (χ3v) is 6.80. The maximum Gasteiger partial charge on any atom is 0.0640 e. The third-order valence-electron chi connectivity index (χ3n) is 6.80. The summed E-state index contributed by atoms with van der Waals surface area (Å²) in [7, 11) is 0. The first-order valence-corrected chi connectivity index (χ1v) is 11.2. The summed E-state index contributed by atoms with van der Waals surface area (Å²) in [4.78, 5) is 8.00. The molecule has 3 saturated heterocycles. The van der Waals surface area contributed by atoms with E-state index in [-0.39, 0.29) is 0 Å². The van der Waals surface area contributed by atoms with E-state index in [0.29, 0.717) is 17.9 Å². The average molecular weight is 395 g/mol.